The lowest BCUT2D eigenvalue weighted by Gasteiger charge is -2.06. The number of nitrogens with zero attached hydrogens (tertiary/aromatic N) is 3. The summed E-state index contributed by atoms with van der Waals surface area (Å²) in [4.78, 5) is 8.35. The number of allylic oxidation sites excluding steroid dienone is 5. The van der Waals surface area contributed by atoms with Crippen molar-refractivity contribution in [3.63, 3.8) is 0 Å². The second-order valence-electron chi connectivity index (χ2n) is 3.19. The zero-order valence-electron chi connectivity index (χ0n) is 10.1. The average Bonchev–Trinajstić information content (AvgIpc) is 2.39. The molecule has 0 aliphatic carbocycles. The molecule has 1 aromatic heterocycles. The van der Waals surface area contributed by atoms with Gasteiger partial charge in [-0.05, 0) is 13.2 Å². The van der Waals surface area contributed by atoms with Gasteiger partial charge in [0, 0.05) is 5.57 Å². The summed E-state index contributed by atoms with van der Waals surface area (Å²) in [6.07, 6.45) is 9.06. The summed E-state index contributed by atoms with van der Waals surface area (Å²) in [5.74, 6) is 0. The summed E-state index contributed by atoms with van der Waals surface area (Å²) >= 11 is 7.35. The number of aromatic nitrogens is 2. The Bertz CT molecular complexity index is 556. The van der Waals surface area contributed by atoms with Gasteiger partial charge in [0.2, 0.25) is 0 Å². The van der Waals surface area contributed by atoms with Crippen molar-refractivity contribution in [1.82, 2.24) is 9.97 Å². The van der Waals surface area contributed by atoms with Gasteiger partial charge in [-0.1, -0.05) is 54.2 Å². The quantitative estimate of drug-likeness (QED) is 0.363. The Morgan fingerprint density at radius 2 is 2.22 bits per heavy atom. The number of rotatable bonds is 4. The molecule has 0 aliphatic heterocycles. The Morgan fingerprint density at radius 1 is 1.50 bits per heavy atom. The molecule has 5 heteroatoms. The minimum atomic E-state index is 0.167. The van der Waals surface area contributed by atoms with E-state index in [-0.39, 0.29) is 10.7 Å². The van der Waals surface area contributed by atoms with Crippen LogP contribution in [0.15, 0.2) is 36.0 Å². The summed E-state index contributed by atoms with van der Waals surface area (Å²) in [7, 11) is 0. The Balaban J connectivity index is 3.50. The Morgan fingerprint density at radius 3 is 2.72 bits per heavy atom. The molecule has 0 spiro atoms. The fraction of sp³-hybridized carbons (Fsp3) is 0.154. The second kappa shape index (κ2) is 7.00. The monoisotopic (exact) mass is 277 g/mol. The number of thioether (sulfide) groups is 1. The Labute approximate surface area is 116 Å². The lowest BCUT2D eigenvalue weighted by atomic mass is 10.1. The number of hydrogen-bond acceptors (Lipinski definition) is 4. The average molecular weight is 278 g/mol. The number of hydrogen-bond donors (Lipinski definition) is 0. The molecular formula is C13H12ClN3S. The van der Waals surface area contributed by atoms with Gasteiger partial charge in [0.15, 0.2) is 10.3 Å². The van der Waals surface area contributed by atoms with Crippen LogP contribution in [0, 0.1) is 11.3 Å². The van der Waals surface area contributed by atoms with Crippen molar-refractivity contribution in [1.29, 1.82) is 5.26 Å². The molecule has 0 amide bonds. The van der Waals surface area contributed by atoms with Crippen LogP contribution in [0.1, 0.15) is 18.2 Å². The van der Waals surface area contributed by atoms with E-state index in [1.54, 1.807) is 6.08 Å². The van der Waals surface area contributed by atoms with E-state index < -0.39 is 0 Å². The van der Waals surface area contributed by atoms with E-state index in [0.717, 1.165) is 5.57 Å². The summed E-state index contributed by atoms with van der Waals surface area (Å²) in [5, 5.41) is 9.83. The van der Waals surface area contributed by atoms with Gasteiger partial charge in [0.1, 0.15) is 11.6 Å². The minimum Gasteiger partial charge on any atom is -0.221 e. The maximum Gasteiger partial charge on any atom is 0.189 e. The standard InChI is InChI=1S/C13H12ClN3S/c1-4-6-7-9(5-2)11-10(8-15)12(14)17-13(16-11)18-3/h4-7H,2H2,1,3H3/b6-4-,9-7+. The van der Waals surface area contributed by atoms with Crippen molar-refractivity contribution >= 4 is 28.9 Å². The van der Waals surface area contributed by atoms with Gasteiger partial charge in [-0.2, -0.15) is 5.26 Å². The summed E-state index contributed by atoms with van der Waals surface area (Å²) in [6.45, 7) is 5.63. The van der Waals surface area contributed by atoms with Crippen LogP contribution < -0.4 is 0 Å². The predicted octanol–water partition coefficient (Wildman–Crippen LogP) is 3.87. The van der Waals surface area contributed by atoms with Crippen LogP contribution >= 0.6 is 23.4 Å². The molecule has 0 saturated carbocycles. The highest BCUT2D eigenvalue weighted by molar-refractivity contribution is 7.98. The van der Waals surface area contributed by atoms with Gasteiger partial charge in [0.05, 0.1) is 5.69 Å². The van der Waals surface area contributed by atoms with Gasteiger partial charge in [-0.15, -0.1) is 0 Å². The van der Waals surface area contributed by atoms with Gasteiger partial charge in [-0.25, -0.2) is 9.97 Å². The Kier molecular flexibility index (Phi) is 5.63. The lowest BCUT2D eigenvalue weighted by Crippen LogP contribution is -1.99. The van der Waals surface area contributed by atoms with Crippen LogP contribution in [0.4, 0.5) is 0 Å². The molecule has 0 atom stereocenters. The normalized spacial score (nSPS) is 11.6. The van der Waals surface area contributed by atoms with E-state index in [0.29, 0.717) is 10.9 Å². The van der Waals surface area contributed by atoms with Gasteiger partial charge in [-0.3, -0.25) is 0 Å². The molecule has 1 aromatic rings. The van der Waals surface area contributed by atoms with Gasteiger partial charge in [0.25, 0.3) is 0 Å². The first-order valence-electron chi connectivity index (χ1n) is 5.15. The third-order valence-corrected chi connectivity index (χ3v) is 2.92. The highest BCUT2D eigenvalue weighted by Gasteiger charge is 2.14. The molecular weight excluding hydrogens is 266 g/mol. The van der Waals surface area contributed by atoms with Crippen LogP contribution in [0.25, 0.3) is 5.57 Å². The van der Waals surface area contributed by atoms with Gasteiger partial charge >= 0.3 is 0 Å². The molecule has 0 aliphatic rings. The van der Waals surface area contributed by atoms with E-state index in [4.69, 9.17) is 16.9 Å². The zero-order chi connectivity index (χ0) is 13.5. The zero-order valence-corrected chi connectivity index (χ0v) is 11.7. The molecule has 1 rings (SSSR count). The van der Waals surface area contributed by atoms with Crippen molar-refractivity contribution in [3.8, 4) is 6.07 Å². The van der Waals surface area contributed by atoms with E-state index in [1.807, 2.05) is 37.5 Å². The van der Waals surface area contributed by atoms with Crippen LogP contribution in [0.2, 0.25) is 5.15 Å². The van der Waals surface area contributed by atoms with Crippen molar-refractivity contribution < 1.29 is 0 Å². The molecule has 0 aromatic carbocycles. The topological polar surface area (TPSA) is 49.6 Å². The highest BCUT2D eigenvalue weighted by Crippen LogP contribution is 2.25. The number of halogens is 1. The SMILES string of the molecule is C=C/C(=C\C=C/C)c1nc(SC)nc(Cl)c1C#N. The molecule has 0 saturated heterocycles. The first-order chi connectivity index (χ1) is 8.67. The lowest BCUT2D eigenvalue weighted by molar-refractivity contribution is 0.950. The van der Waals surface area contributed by atoms with Crippen molar-refractivity contribution in [2.75, 3.05) is 6.26 Å². The second-order valence-corrected chi connectivity index (χ2v) is 4.32. The van der Waals surface area contributed by atoms with Crippen LogP contribution in [-0.4, -0.2) is 16.2 Å². The fourth-order valence-corrected chi connectivity index (χ4v) is 1.88. The smallest absolute Gasteiger partial charge is 0.189 e. The van der Waals surface area contributed by atoms with E-state index in [1.165, 1.54) is 11.8 Å². The van der Waals surface area contributed by atoms with Crippen molar-refractivity contribution in [2.24, 2.45) is 0 Å². The molecule has 0 unspecified atom stereocenters. The van der Waals surface area contributed by atoms with Crippen LogP contribution in [0.3, 0.4) is 0 Å². The molecule has 0 bridgehead atoms. The molecule has 0 N–H and O–H groups in total. The molecule has 3 nitrogen and oxygen atoms in total. The maximum atomic E-state index is 9.13. The maximum absolute atomic E-state index is 9.13. The van der Waals surface area contributed by atoms with Gasteiger partial charge < -0.3 is 0 Å². The summed E-state index contributed by atoms with van der Waals surface area (Å²) < 4.78 is 0. The van der Waals surface area contributed by atoms with Crippen LogP contribution in [0.5, 0.6) is 0 Å². The van der Waals surface area contributed by atoms with Crippen molar-refractivity contribution in [3.05, 3.63) is 47.3 Å². The predicted molar refractivity (Wildman–Crippen MR) is 76.5 cm³/mol. The third kappa shape index (κ3) is 3.22. The van der Waals surface area contributed by atoms with Crippen LogP contribution in [-0.2, 0) is 0 Å². The fourth-order valence-electron chi connectivity index (χ4n) is 1.26. The van der Waals surface area contributed by atoms with E-state index in [9.17, 15) is 0 Å². The van der Waals surface area contributed by atoms with E-state index >= 15 is 0 Å². The molecule has 1 heterocycles. The Hall–Kier alpha value is -1.57. The molecule has 92 valence electrons. The number of nitriles is 1. The highest BCUT2D eigenvalue weighted by atomic mass is 35.5. The van der Waals surface area contributed by atoms with E-state index in [2.05, 4.69) is 16.5 Å². The molecule has 18 heavy (non-hydrogen) atoms. The first kappa shape index (κ1) is 14.5. The summed E-state index contributed by atoms with van der Waals surface area (Å²) in [5.41, 5.74) is 1.52. The summed E-state index contributed by atoms with van der Waals surface area (Å²) in [6, 6.07) is 2.03. The third-order valence-electron chi connectivity index (χ3n) is 2.10. The molecule has 0 radical (unpaired) electrons. The van der Waals surface area contributed by atoms with Crippen molar-refractivity contribution in [2.45, 2.75) is 12.1 Å². The molecule has 0 fully saturated rings. The largest absolute Gasteiger partial charge is 0.221 e. The first-order valence-corrected chi connectivity index (χ1v) is 6.75. The minimum absolute atomic E-state index is 0.167.